The van der Waals surface area contributed by atoms with Crippen LogP contribution in [0.3, 0.4) is 0 Å². The number of aromatic amines is 1. The topological polar surface area (TPSA) is 76.5 Å². The third-order valence-corrected chi connectivity index (χ3v) is 4.55. The standard InChI is InChI=1S/C17H19N5O/c1-11-12-4-2-3-5-13(12)21-15(20-11)7-9-22-10-19-14-6-8-18-16(14)17(22)23/h6,8,10,18H,2-5,7,9H2,1H3. The van der Waals surface area contributed by atoms with Gasteiger partial charge in [-0.15, -0.1) is 0 Å². The Labute approximate surface area is 133 Å². The third kappa shape index (κ3) is 2.54. The van der Waals surface area contributed by atoms with Crippen LogP contribution >= 0.6 is 0 Å². The van der Waals surface area contributed by atoms with Crippen LogP contribution in [-0.4, -0.2) is 24.5 Å². The average Bonchev–Trinajstić information content (AvgIpc) is 3.04. The monoisotopic (exact) mass is 309 g/mol. The molecule has 0 aromatic carbocycles. The van der Waals surface area contributed by atoms with Crippen molar-refractivity contribution in [2.75, 3.05) is 0 Å². The minimum atomic E-state index is -0.0466. The summed E-state index contributed by atoms with van der Waals surface area (Å²) in [6, 6.07) is 1.80. The summed E-state index contributed by atoms with van der Waals surface area (Å²) >= 11 is 0. The van der Waals surface area contributed by atoms with Crippen LogP contribution in [-0.2, 0) is 25.8 Å². The molecular weight excluding hydrogens is 290 g/mol. The molecule has 3 aromatic rings. The van der Waals surface area contributed by atoms with Gasteiger partial charge in [0.2, 0.25) is 0 Å². The maximum Gasteiger partial charge on any atom is 0.277 e. The molecular formula is C17H19N5O. The SMILES string of the molecule is Cc1nc(CCn2cnc3cc[nH]c3c2=O)nc2c1CCCC2. The molecule has 1 aliphatic rings. The summed E-state index contributed by atoms with van der Waals surface area (Å²) in [5, 5.41) is 0. The minimum Gasteiger partial charge on any atom is -0.355 e. The molecule has 0 atom stereocenters. The number of hydrogen-bond donors (Lipinski definition) is 1. The summed E-state index contributed by atoms with van der Waals surface area (Å²) in [5.41, 5.74) is 4.82. The zero-order valence-electron chi connectivity index (χ0n) is 13.2. The maximum absolute atomic E-state index is 12.4. The lowest BCUT2D eigenvalue weighted by atomic mass is 9.95. The number of nitrogens with zero attached hydrogens (tertiary/aromatic N) is 4. The van der Waals surface area contributed by atoms with Crippen LogP contribution in [0.1, 0.15) is 35.6 Å². The lowest BCUT2D eigenvalue weighted by molar-refractivity contribution is 0.615. The molecule has 23 heavy (non-hydrogen) atoms. The number of H-pyrrole nitrogens is 1. The first-order chi connectivity index (χ1) is 11.2. The molecule has 3 heterocycles. The molecule has 0 fully saturated rings. The molecule has 1 aliphatic carbocycles. The van der Waals surface area contributed by atoms with E-state index in [4.69, 9.17) is 4.98 Å². The lowest BCUT2D eigenvalue weighted by Gasteiger charge is -2.17. The van der Waals surface area contributed by atoms with Gasteiger partial charge < -0.3 is 4.98 Å². The second kappa shape index (κ2) is 5.61. The average molecular weight is 309 g/mol. The second-order valence-electron chi connectivity index (χ2n) is 6.09. The number of hydrogen-bond acceptors (Lipinski definition) is 4. The van der Waals surface area contributed by atoms with Crippen LogP contribution in [0.25, 0.3) is 11.0 Å². The van der Waals surface area contributed by atoms with Gasteiger partial charge in [-0.2, -0.15) is 0 Å². The fourth-order valence-electron chi connectivity index (χ4n) is 3.30. The maximum atomic E-state index is 12.4. The van der Waals surface area contributed by atoms with Gasteiger partial charge in [-0.05, 0) is 44.2 Å². The van der Waals surface area contributed by atoms with Gasteiger partial charge in [-0.25, -0.2) is 15.0 Å². The summed E-state index contributed by atoms with van der Waals surface area (Å²) < 4.78 is 1.62. The lowest BCUT2D eigenvalue weighted by Crippen LogP contribution is -2.22. The first-order valence-corrected chi connectivity index (χ1v) is 8.10. The van der Waals surface area contributed by atoms with E-state index < -0.39 is 0 Å². The van der Waals surface area contributed by atoms with E-state index in [2.05, 4.69) is 21.9 Å². The number of aryl methyl sites for hydroxylation is 4. The van der Waals surface area contributed by atoms with E-state index >= 15 is 0 Å². The van der Waals surface area contributed by atoms with Crippen molar-refractivity contribution in [2.24, 2.45) is 0 Å². The first-order valence-electron chi connectivity index (χ1n) is 8.10. The Morgan fingerprint density at radius 3 is 3.04 bits per heavy atom. The molecule has 0 radical (unpaired) electrons. The summed E-state index contributed by atoms with van der Waals surface area (Å²) in [6.07, 6.45) is 8.55. The smallest absolute Gasteiger partial charge is 0.277 e. The van der Waals surface area contributed by atoms with Crippen molar-refractivity contribution in [2.45, 2.75) is 45.6 Å². The minimum absolute atomic E-state index is 0.0466. The fraction of sp³-hybridized carbons (Fsp3) is 0.412. The van der Waals surface area contributed by atoms with E-state index in [1.54, 1.807) is 23.2 Å². The number of aromatic nitrogens is 5. The van der Waals surface area contributed by atoms with Crippen LogP contribution in [0, 0.1) is 6.92 Å². The fourth-order valence-corrected chi connectivity index (χ4v) is 3.30. The van der Waals surface area contributed by atoms with E-state index in [1.807, 2.05) is 0 Å². The van der Waals surface area contributed by atoms with Crippen molar-refractivity contribution in [3.8, 4) is 0 Å². The Kier molecular flexibility index (Phi) is 3.44. The summed E-state index contributed by atoms with van der Waals surface area (Å²) in [4.78, 5) is 28.9. The van der Waals surface area contributed by atoms with E-state index in [0.717, 1.165) is 24.4 Å². The van der Waals surface area contributed by atoms with Crippen LogP contribution in [0.4, 0.5) is 0 Å². The zero-order valence-corrected chi connectivity index (χ0v) is 13.2. The predicted octanol–water partition coefficient (Wildman–Crippen LogP) is 1.94. The molecule has 4 rings (SSSR count). The van der Waals surface area contributed by atoms with Gasteiger partial charge in [0.1, 0.15) is 11.3 Å². The Hall–Kier alpha value is -2.50. The normalized spacial score (nSPS) is 14.1. The van der Waals surface area contributed by atoms with Crippen molar-refractivity contribution >= 4 is 11.0 Å². The predicted molar refractivity (Wildman–Crippen MR) is 87.5 cm³/mol. The Bertz CT molecular complexity index is 924. The van der Waals surface area contributed by atoms with E-state index in [9.17, 15) is 4.79 Å². The van der Waals surface area contributed by atoms with Gasteiger partial charge >= 0.3 is 0 Å². The second-order valence-corrected chi connectivity index (χ2v) is 6.09. The molecule has 3 aromatic heterocycles. The molecule has 118 valence electrons. The summed E-state index contributed by atoms with van der Waals surface area (Å²) in [5.74, 6) is 0.821. The van der Waals surface area contributed by atoms with Crippen molar-refractivity contribution in [1.82, 2.24) is 24.5 Å². The van der Waals surface area contributed by atoms with E-state index in [0.29, 0.717) is 24.0 Å². The first kappa shape index (κ1) is 14.1. The van der Waals surface area contributed by atoms with Crippen LogP contribution in [0.15, 0.2) is 23.4 Å². The van der Waals surface area contributed by atoms with Crippen LogP contribution in [0.5, 0.6) is 0 Å². The van der Waals surface area contributed by atoms with Gasteiger partial charge in [0.05, 0.1) is 11.8 Å². The molecule has 0 saturated carbocycles. The number of rotatable bonds is 3. The van der Waals surface area contributed by atoms with Gasteiger partial charge in [0.25, 0.3) is 5.56 Å². The van der Waals surface area contributed by atoms with Gasteiger partial charge in [0.15, 0.2) is 0 Å². The molecule has 0 amide bonds. The molecule has 6 nitrogen and oxygen atoms in total. The van der Waals surface area contributed by atoms with Crippen molar-refractivity contribution in [3.63, 3.8) is 0 Å². The summed E-state index contributed by atoms with van der Waals surface area (Å²) in [6.45, 7) is 2.60. The van der Waals surface area contributed by atoms with E-state index in [-0.39, 0.29) is 5.56 Å². The number of fused-ring (bicyclic) bond motifs is 2. The van der Waals surface area contributed by atoms with Gasteiger partial charge in [-0.3, -0.25) is 9.36 Å². The van der Waals surface area contributed by atoms with Crippen molar-refractivity contribution < 1.29 is 0 Å². The molecule has 0 bridgehead atoms. The molecule has 0 aliphatic heterocycles. The van der Waals surface area contributed by atoms with Crippen LogP contribution in [0.2, 0.25) is 0 Å². The van der Waals surface area contributed by atoms with Crippen molar-refractivity contribution in [3.05, 3.63) is 51.7 Å². The molecule has 0 spiro atoms. The third-order valence-electron chi connectivity index (χ3n) is 4.55. The van der Waals surface area contributed by atoms with Gasteiger partial charge in [0, 0.05) is 30.6 Å². The van der Waals surface area contributed by atoms with E-state index in [1.165, 1.54) is 24.1 Å². The molecule has 0 saturated heterocycles. The van der Waals surface area contributed by atoms with Crippen molar-refractivity contribution in [1.29, 1.82) is 0 Å². The number of nitrogens with one attached hydrogen (secondary N) is 1. The highest BCUT2D eigenvalue weighted by atomic mass is 16.1. The zero-order chi connectivity index (χ0) is 15.8. The quantitative estimate of drug-likeness (QED) is 0.802. The highest BCUT2D eigenvalue weighted by Crippen LogP contribution is 2.21. The molecule has 6 heteroatoms. The van der Waals surface area contributed by atoms with Gasteiger partial charge in [-0.1, -0.05) is 0 Å². The summed E-state index contributed by atoms with van der Waals surface area (Å²) in [7, 11) is 0. The highest BCUT2D eigenvalue weighted by Gasteiger charge is 2.15. The largest absolute Gasteiger partial charge is 0.355 e. The Morgan fingerprint density at radius 1 is 1.26 bits per heavy atom. The molecule has 0 unspecified atom stereocenters. The Morgan fingerprint density at radius 2 is 2.13 bits per heavy atom. The molecule has 1 N–H and O–H groups in total. The highest BCUT2D eigenvalue weighted by molar-refractivity contribution is 5.73. The Balaban J connectivity index is 1.59. The van der Waals surface area contributed by atoms with Crippen LogP contribution < -0.4 is 5.56 Å².